The lowest BCUT2D eigenvalue weighted by molar-refractivity contribution is -0.113. The zero-order chi connectivity index (χ0) is 14.7. The number of nitrogens with one attached hydrogen (secondary N) is 4. The summed E-state index contributed by atoms with van der Waals surface area (Å²) in [6.45, 7) is 0.182. The fraction of sp³-hybridized carbons (Fsp3) is 0.200. The Labute approximate surface area is 111 Å². The largest absolute Gasteiger partial charge is 0.362 e. The molecule has 1 aromatic rings. The van der Waals surface area contributed by atoms with E-state index in [4.69, 9.17) is 5.21 Å². The van der Waals surface area contributed by atoms with Crippen LogP contribution in [0.5, 0.6) is 0 Å². The molecule has 0 aliphatic carbocycles. The van der Waals surface area contributed by atoms with E-state index < -0.39 is 23.4 Å². The van der Waals surface area contributed by atoms with E-state index in [0.717, 1.165) is 17.3 Å². The van der Waals surface area contributed by atoms with Gasteiger partial charge in [0.2, 0.25) is 6.41 Å². The topological polar surface area (TPSA) is 144 Å². The van der Waals surface area contributed by atoms with Crippen molar-refractivity contribution in [2.24, 2.45) is 0 Å². The van der Waals surface area contributed by atoms with Crippen LogP contribution in [0.3, 0.4) is 0 Å². The number of H-pyrrole nitrogens is 1. The Morgan fingerprint density at radius 3 is 2.85 bits per heavy atom. The first-order valence-corrected chi connectivity index (χ1v) is 5.52. The van der Waals surface area contributed by atoms with Crippen LogP contribution in [0.15, 0.2) is 17.1 Å². The number of hydrazine groups is 1. The van der Waals surface area contributed by atoms with Gasteiger partial charge in [0.25, 0.3) is 5.91 Å². The molecule has 1 aliphatic rings. The van der Waals surface area contributed by atoms with Crippen molar-refractivity contribution >= 4 is 18.3 Å². The van der Waals surface area contributed by atoms with Crippen LogP contribution in [-0.2, 0) is 4.79 Å². The Kier molecular flexibility index (Phi) is 3.66. The molecule has 1 saturated heterocycles. The van der Waals surface area contributed by atoms with Crippen LogP contribution in [-0.4, -0.2) is 40.1 Å². The molecule has 2 heterocycles. The van der Waals surface area contributed by atoms with Crippen LogP contribution in [0, 0.1) is 0 Å². The normalized spacial score (nSPS) is 17.6. The van der Waals surface area contributed by atoms with Gasteiger partial charge in [-0.3, -0.25) is 25.0 Å². The van der Waals surface area contributed by atoms with Crippen LogP contribution >= 0.6 is 0 Å². The maximum Gasteiger partial charge on any atom is 0.336 e. The van der Waals surface area contributed by atoms with Gasteiger partial charge in [0.15, 0.2) is 5.43 Å². The van der Waals surface area contributed by atoms with E-state index in [0.29, 0.717) is 12.1 Å². The van der Waals surface area contributed by atoms with Crippen molar-refractivity contribution in [3.8, 4) is 0 Å². The Morgan fingerprint density at radius 1 is 1.50 bits per heavy atom. The van der Waals surface area contributed by atoms with E-state index in [1.54, 1.807) is 0 Å². The third kappa shape index (κ3) is 2.31. The fourth-order valence-electron chi connectivity index (χ4n) is 1.87. The molecule has 20 heavy (non-hydrogen) atoms. The van der Waals surface area contributed by atoms with Crippen molar-refractivity contribution in [1.82, 2.24) is 26.2 Å². The molecule has 1 aliphatic heterocycles. The first kappa shape index (κ1) is 13.5. The van der Waals surface area contributed by atoms with E-state index in [1.807, 2.05) is 0 Å². The second-order valence-corrected chi connectivity index (χ2v) is 3.93. The minimum atomic E-state index is -0.943. The standard InChI is InChI=1S/C10H11N5O5/c16-4-13-15-7(3-12-10(15)19)6-1-8(17)5(2-11-6)9(18)14-20/h1-2,4,7,20H,3H2,(H,11,17)(H,12,19)(H,13,16)(H,14,18). The van der Waals surface area contributed by atoms with Gasteiger partial charge in [0, 0.05) is 24.5 Å². The molecule has 1 fully saturated rings. The Morgan fingerprint density at radius 2 is 2.25 bits per heavy atom. The predicted octanol–water partition coefficient (Wildman–Crippen LogP) is -1.78. The van der Waals surface area contributed by atoms with E-state index in [9.17, 15) is 19.2 Å². The summed E-state index contributed by atoms with van der Waals surface area (Å²) in [5.41, 5.74) is 2.99. The summed E-state index contributed by atoms with van der Waals surface area (Å²) in [6.07, 6.45) is 1.45. The van der Waals surface area contributed by atoms with Crippen LogP contribution in [0.4, 0.5) is 4.79 Å². The number of amides is 4. The SMILES string of the molecule is O=CNN1C(=O)NCC1c1cc(=O)c(C(=O)NO)c[nH]1. The lowest BCUT2D eigenvalue weighted by Gasteiger charge is -2.21. The lowest BCUT2D eigenvalue weighted by Crippen LogP contribution is -2.41. The van der Waals surface area contributed by atoms with Gasteiger partial charge in [-0.15, -0.1) is 0 Å². The second-order valence-electron chi connectivity index (χ2n) is 3.93. The molecule has 1 aromatic heterocycles. The molecule has 0 radical (unpaired) electrons. The summed E-state index contributed by atoms with van der Waals surface area (Å²) in [7, 11) is 0. The van der Waals surface area contributed by atoms with E-state index in [1.165, 1.54) is 5.48 Å². The average Bonchev–Trinajstić information content (AvgIpc) is 2.80. The second kappa shape index (κ2) is 5.40. The highest BCUT2D eigenvalue weighted by atomic mass is 16.5. The molecule has 1 unspecified atom stereocenters. The van der Waals surface area contributed by atoms with Crippen molar-refractivity contribution in [3.63, 3.8) is 0 Å². The number of aromatic amines is 1. The highest BCUT2D eigenvalue weighted by molar-refractivity contribution is 5.92. The first-order valence-electron chi connectivity index (χ1n) is 5.52. The van der Waals surface area contributed by atoms with Gasteiger partial charge in [-0.05, 0) is 0 Å². The molecule has 1 atom stereocenters. The van der Waals surface area contributed by atoms with E-state index >= 15 is 0 Å². The maximum atomic E-state index is 11.7. The number of hydroxylamine groups is 1. The molecular formula is C10H11N5O5. The highest BCUT2D eigenvalue weighted by Crippen LogP contribution is 2.19. The molecular weight excluding hydrogens is 270 g/mol. The molecule has 2 rings (SSSR count). The number of pyridine rings is 1. The van der Waals surface area contributed by atoms with Gasteiger partial charge in [0.1, 0.15) is 11.6 Å². The average molecular weight is 281 g/mol. The number of rotatable bonds is 4. The smallest absolute Gasteiger partial charge is 0.336 e. The number of nitrogens with zero attached hydrogens (tertiary/aromatic N) is 1. The number of urea groups is 1. The van der Waals surface area contributed by atoms with Gasteiger partial charge >= 0.3 is 6.03 Å². The zero-order valence-electron chi connectivity index (χ0n) is 10.0. The lowest BCUT2D eigenvalue weighted by atomic mass is 10.1. The summed E-state index contributed by atoms with van der Waals surface area (Å²) >= 11 is 0. The third-order valence-corrected chi connectivity index (χ3v) is 2.81. The minimum Gasteiger partial charge on any atom is -0.362 e. The minimum absolute atomic E-state index is 0.182. The zero-order valence-corrected chi connectivity index (χ0v) is 10.0. The summed E-state index contributed by atoms with van der Waals surface area (Å²) in [4.78, 5) is 47.5. The van der Waals surface area contributed by atoms with Gasteiger partial charge in [-0.2, -0.15) is 0 Å². The van der Waals surface area contributed by atoms with E-state index in [2.05, 4.69) is 15.7 Å². The summed E-state index contributed by atoms with van der Waals surface area (Å²) < 4.78 is 0. The Bertz CT molecular complexity index is 612. The van der Waals surface area contributed by atoms with Crippen LogP contribution in [0.25, 0.3) is 0 Å². The molecule has 4 amide bonds. The van der Waals surface area contributed by atoms with Gasteiger partial charge in [-0.25, -0.2) is 15.3 Å². The molecule has 5 N–H and O–H groups in total. The monoisotopic (exact) mass is 281 g/mol. The number of hydrogen-bond acceptors (Lipinski definition) is 5. The van der Waals surface area contributed by atoms with Gasteiger partial charge in [0.05, 0.1) is 0 Å². The summed E-state index contributed by atoms with van der Waals surface area (Å²) in [6, 6.07) is 0.00131. The molecule has 0 bridgehead atoms. The van der Waals surface area contributed by atoms with Crippen molar-refractivity contribution in [3.05, 3.63) is 33.7 Å². The highest BCUT2D eigenvalue weighted by Gasteiger charge is 2.33. The van der Waals surface area contributed by atoms with Gasteiger partial charge in [-0.1, -0.05) is 0 Å². The van der Waals surface area contributed by atoms with Crippen molar-refractivity contribution in [1.29, 1.82) is 0 Å². The third-order valence-electron chi connectivity index (χ3n) is 2.81. The Balaban J connectivity index is 2.32. The molecule has 10 heteroatoms. The number of aromatic nitrogens is 1. The summed E-state index contributed by atoms with van der Waals surface area (Å²) in [5, 5.41) is 12.0. The van der Waals surface area contributed by atoms with Crippen molar-refractivity contribution in [2.75, 3.05) is 6.54 Å². The van der Waals surface area contributed by atoms with E-state index in [-0.39, 0.29) is 12.1 Å². The Hall–Kier alpha value is -2.88. The van der Waals surface area contributed by atoms with Crippen LogP contribution in [0.2, 0.25) is 0 Å². The molecule has 0 aromatic carbocycles. The quantitative estimate of drug-likeness (QED) is 0.252. The van der Waals surface area contributed by atoms with Crippen LogP contribution in [0.1, 0.15) is 22.1 Å². The molecule has 0 spiro atoms. The predicted molar refractivity (Wildman–Crippen MR) is 63.5 cm³/mol. The first-order chi connectivity index (χ1) is 9.58. The van der Waals surface area contributed by atoms with Crippen molar-refractivity contribution in [2.45, 2.75) is 6.04 Å². The molecule has 0 saturated carbocycles. The number of carbonyl (C=O) groups is 3. The fourth-order valence-corrected chi connectivity index (χ4v) is 1.87. The molecule has 10 nitrogen and oxygen atoms in total. The summed E-state index contributed by atoms with van der Waals surface area (Å²) in [5.74, 6) is -0.943. The number of hydrogen-bond donors (Lipinski definition) is 5. The van der Waals surface area contributed by atoms with Gasteiger partial charge < -0.3 is 10.3 Å². The van der Waals surface area contributed by atoms with Crippen molar-refractivity contribution < 1.29 is 19.6 Å². The molecule has 106 valence electrons. The number of carbonyl (C=O) groups excluding carboxylic acids is 3. The maximum absolute atomic E-state index is 11.7. The van der Waals surface area contributed by atoms with Crippen LogP contribution < -0.4 is 21.7 Å².